The number of piperidine rings is 1. The van der Waals surface area contributed by atoms with Crippen molar-refractivity contribution in [3.05, 3.63) is 46.2 Å². The Bertz CT molecular complexity index is 737. The molecule has 1 aliphatic rings. The van der Waals surface area contributed by atoms with Gasteiger partial charge < -0.3 is 14.8 Å². The lowest BCUT2D eigenvalue weighted by Crippen LogP contribution is -2.43. The second kappa shape index (κ2) is 7.49. The zero-order valence-electron chi connectivity index (χ0n) is 15.1. The Kier molecular flexibility index (Phi) is 5.36. The summed E-state index contributed by atoms with van der Waals surface area (Å²) < 4.78 is 0. The average Bonchev–Trinajstić information content (AvgIpc) is 2.55. The molecular weight excluding hydrogens is 298 g/mol. The van der Waals surface area contributed by atoms with Gasteiger partial charge in [-0.2, -0.15) is 0 Å². The molecule has 0 unspecified atom stereocenters. The van der Waals surface area contributed by atoms with Crippen molar-refractivity contribution in [2.75, 3.05) is 26.7 Å². The molecule has 2 heterocycles. The number of benzene rings is 1. The van der Waals surface area contributed by atoms with Crippen molar-refractivity contribution < 1.29 is 0 Å². The lowest BCUT2D eigenvalue weighted by atomic mass is 9.96. The number of pyridine rings is 1. The van der Waals surface area contributed by atoms with E-state index in [9.17, 15) is 4.79 Å². The van der Waals surface area contributed by atoms with Crippen molar-refractivity contribution in [1.82, 2.24) is 14.8 Å². The minimum Gasteiger partial charge on any atom is -0.322 e. The van der Waals surface area contributed by atoms with E-state index in [2.05, 4.69) is 41.7 Å². The summed E-state index contributed by atoms with van der Waals surface area (Å²) >= 11 is 0. The quantitative estimate of drug-likeness (QED) is 0.917. The number of hydrogen-bond donors (Lipinski definition) is 1. The fourth-order valence-corrected chi connectivity index (χ4v) is 3.82. The van der Waals surface area contributed by atoms with E-state index in [1.54, 1.807) is 0 Å². The Balaban J connectivity index is 1.65. The lowest BCUT2D eigenvalue weighted by Gasteiger charge is -2.37. The van der Waals surface area contributed by atoms with Crippen molar-refractivity contribution in [3.63, 3.8) is 0 Å². The number of hydrogen-bond acceptors (Lipinski definition) is 3. The summed E-state index contributed by atoms with van der Waals surface area (Å²) in [7, 11) is 2.13. The normalized spacial score (nSPS) is 19.5. The number of nitrogens with one attached hydrogen (secondary N) is 1. The van der Waals surface area contributed by atoms with Crippen LogP contribution in [0.2, 0.25) is 0 Å². The van der Waals surface area contributed by atoms with E-state index in [0.29, 0.717) is 18.5 Å². The third kappa shape index (κ3) is 4.05. The van der Waals surface area contributed by atoms with Crippen LogP contribution in [0.3, 0.4) is 0 Å². The molecule has 0 saturated carbocycles. The first-order valence-corrected chi connectivity index (χ1v) is 9.06. The molecule has 0 amide bonds. The predicted molar refractivity (Wildman–Crippen MR) is 100 cm³/mol. The highest BCUT2D eigenvalue weighted by molar-refractivity contribution is 5.78. The molecule has 0 bridgehead atoms. The maximum atomic E-state index is 12.3. The second-order valence-electron chi connectivity index (χ2n) is 7.50. The van der Waals surface area contributed by atoms with E-state index in [1.807, 2.05) is 24.3 Å². The Morgan fingerprint density at radius 1 is 1.33 bits per heavy atom. The highest BCUT2D eigenvalue weighted by atomic mass is 16.1. The fourth-order valence-electron chi connectivity index (χ4n) is 3.82. The number of fused-ring (bicyclic) bond motifs is 1. The first-order chi connectivity index (χ1) is 11.5. The summed E-state index contributed by atoms with van der Waals surface area (Å²) in [6.45, 7) is 8.72. The second-order valence-corrected chi connectivity index (χ2v) is 7.50. The van der Waals surface area contributed by atoms with Crippen molar-refractivity contribution in [2.45, 2.75) is 39.3 Å². The zero-order chi connectivity index (χ0) is 17.1. The molecule has 4 heteroatoms. The van der Waals surface area contributed by atoms with E-state index in [-0.39, 0.29) is 5.56 Å². The molecule has 4 nitrogen and oxygen atoms in total. The Morgan fingerprint density at radius 3 is 2.92 bits per heavy atom. The molecule has 2 aromatic rings. The minimum absolute atomic E-state index is 0.0352. The molecule has 0 aliphatic carbocycles. The van der Waals surface area contributed by atoms with Gasteiger partial charge in [0.2, 0.25) is 0 Å². The van der Waals surface area contributed by atoms with Crippen molar-refractivity contribution in [3.8, 4) is 0 Å². The van der Waals surface area contributed by atoms with E-state index in [4.69, 9.17) is 0 Å². The summed E-state index contributed by atoms with van der Waals surface area (Å²) in [5.41, 5.74) is 1.80. The molecule has 1 atom stereocenters. The van der Waals surface area contributed by atoms with Crippen molar-refractivity contribution in [1.29, 1.82) is 0 Å². The van der Waals surface area contributed by atoms with Crippen LogP contribution in [0.5, 0.6) is 0 Å². The van der Waals surface area contributed by atoms with Crippen LogP contribution in [-0.4, -0.2) is 47.5 Å². The summed E-state index contributed by atoms with van der Waals surface area (Å²) in [6.07, 6.45) is 2.58. The van der Waals surface area contributed by atoms with Gasteiger partial charge in [-0.25, -0.2) is 0 Å². The van der Waals surface area contributed by atoms with Gasteiger partial charge >= 0.3 is 0 Å². The van der Waals surface area contributed by atoms with Gasteiger partial charge in [-0.3, -0.25) is 4.79 Å². The van der Waals surface area contributed by atoms with Gasteiger partial charge in [-0.05, 0) is 63.7 Å². The maximum absolute atomic E-state index is 12.3. The van der Waals surface area contributed by atoms with E-state index in [0.717, 1.165) is 23.0 Å². The first-order valence-electron chi connectivity index (χ1n) is 9.06. The average molecular weight is 327 g/mol. The molecule has 1 saturated heterocycles. The van der Waals surface area contributed by atoms with Crippen LogP contribution < -0.4 is 5.56 Å². The van der Waals surface area contributed by atoms with Crippen LogP contribution in [0.1, 0.15) is 32.3 Å². The highest BCUT2D eigenvalue weighted by Crippen LogP contribution is 2.20. The Labute approximate surface area is 144 Å². The van der Waals surface area contributed by atoms with Crippen LogP contribution >= 0.6 is 0 Å². The molecule has 1 aromatic heterocycles. The van der Waals surface area contributed by atoms with Crippen LogP contribution in [0, 0.1) is 5.92 Å². The monoisotopic (exact) mass is 327 g/mol. The number of likely N-dealkylation sites (tertiary alicyclic amines) is 1. The van der Waals surface area contributed by atoms with Gasteiger partial charge in [0.05, 0.1) is 0 Å². The van der Waals surface area contributed by atoms with E-state index < -0.39 is 0 Å². The minimum atomic E-state index is 0.0352. The standard InChI is InChI=1S/C20H29N3O/c1-15(2)23-10-6-7-16(13-23)12-22(3)14-18-11-17-8-4-5-9-19(17)21-20(18)24/h4-5,8-9,11,15-16H,6-7,10,12-14H2,1-3H3,(H,21,24)/t16-/m0/s1. The Hall–Kier alpha value is -1.65. The molecule has 24 heavy (non-hydrogen) atoms. The van der Waals surface area contributed by atoms with Gasteiger partial charge in [-0.15, -0.1) is 0 Å². The van der Waals surface area contributed by atoms with Crippen LogP contribution in [0.4, 0.5) is 0 Å². The number of nitrogens with zero attached hydrogens (tertiary/aromatic N) is 2. The number of rotatable bonds is 5. The molecule has 1 aromatic carbocycles. The van der Waals surface area contributed by atoms with Crippen molar-refractivity contribution >= 4 is 10.9 Å². The largest absolute Gasteiger partial charge is 0.322 e. The van der Waals surface area contributed by atoms with E-state index >= 15 is 0 Å². The summed E-state index contributed by atoms with van der Waals surface area (Å²) in [4.78, 5) is 20.2. The summed E-state index contributed by atoms with van der Waals surface area (Å²) in [5, 5.41) is 1.10. The van der Waals surface area contributed by atoms with E-state index in [1.165, 1.54) is 25.9 Å². The molecule has 130 valence electrons. The van der Waals surface area contributed by atoms with Gasteiger partial charge in [0.15, 0.2) is 0 Å². The summed E-state index contributed by atoms with van der Waals surface area (Å²) in [6, 6.07) is 10.6. The van der Waals surface area contributed by atoms with Crippen LogP contribution in [-0.2, 0) is 6.54 Å². The number of aromatic nitrogens is 1. The number of H-pyrrole nitrogens is 1. The predicted octanol–water partition coefficient (Wildman–Crippen LogP) is 3.08. The SMILES string of the molecule is CC(C)N1CCC[C@@H](CN(C)Cc2cc3ccccc3[nH]c2=O)C1. The van der Waals surface area contributed by atoms with Gasteiger partial charge in [0.1, 0.15) is 0 Å². The Morgan fingerprint density at radius 2 is 2.12 bits per heavy atom. The molecular formula is C20H29N3O. The van der Waals surface area contributed by atoms with Gasteiger partial charge in [0.25, 0.3) is 5.56 Å². The van der Waals surface area contributed by atoms with Gasteiger partial charge in [0, 0.05) is 36.8 Å². The third-order valence-corrected chi connectivity index (χ3v) is 5.12. The molecule has 0 spiro atoms. The van der Waals surface area contributed by atoms with Gasteiger partial charge in [-0.1, -0.05) is 18.2 Å². The molecule has 1 N–H and O–H groups in total. The molecule has 0 radical (unpaired) electrons. The number of aromatic amines is 1. The topological polar surface area (TPSA) is 39.3 Å². The molecule has 1 fully saturated rings. The van der Waals surface area contributed by atoms with Crippen LogP contribution in [0.15, 0.2) is 35.1 Å². The first kappa shape index (κ1) is 17.2. The van der Waals surface area contributed by atoms with Crippen molar-refractivity contribution in [2.24, 2.45) is 5.92 Å². The maximum Gasteiger partial charge on any atom is 0.252 e. The molecule has 3 rings (SSSR count). The molecule has 1 aliphatic heterocycles. The fraction of sp³-hybridized carbons (Fsp3) is 0.550. The zero-order valence-corrected chi connectivity index (χ0v) is 15.1. The smallest absolute Gasteiger partial charge is 0.252 e. The number of para-hydroxylation sites is 1. The third-order valence-electron chi connectivity index (χ3n) is 5.12. The highest BCUT2D eigenvalue weighted by Gasteiger charge is 2.22. The summed E-state index contributed by atoms with van der Waals surface area (Å²) in [5.74, 6) is 0.700. The lowest BCUT2D eigenvalue weighted by molar-refractivity contribution is 0.116. The van der Waals surface area contributed by atoms with Crippen LogP contribution in [0.25, 0.3) is 10.9 Å².